The predicted octanol–water partition coefficient (Wildman–Crippen LogP) is 1.07. The molecule has 134 valence electrons. The van der Waals surface area contributed by atoms with Gasteiger partial charge in [-0.15, -0.1) is 5.10 Å². The molecular formula is C16H20N4O4S. The van der Waals surface area contributed by atoms with Crippen LogP contribution in [-0.4, -0.2) is 50.5 Å². The van der Waals surface area contributed by atoms with Crippen LogP contribution >= 0.6 is 11.8 Å². The lowest BCUT2D eigenvalue weighted by atomic mass is 10.2. The fourth-order valence-corrected chi connectivity index (χ4v) is 2.83. The fourth-order valence-electron chi connectivity index (χ4n) is 2.37. The first-order chi connectivity index (χ1) is 12.0. The number of hydrogen-bond acceptors (Lipinski definition) is 6. The minimum Gasteiger partial charge on any atom is -0.481 e. The van der Waals surface area contributed by atoms with Gasteiger partial charge in [0.1, 0.15) is 11.6 Å². The first kappa shape index (κ1) is 18.9. The molecule has 0 aliphatic heterocycles. The molecule has 0 spiro atoms. The molecule has 0 saturated heterocycles. The third kappa shape index (κ3) is 5.02. The van der Waals surface area contributed by atoms with Crippen molar-refractivity contribution in [1.29, 1.82) is 0 Å². The average molecular weight is 364 g/mol. The van der Waals surface area contributed by atoms with Crippen molar-refractivity contribution in [2.75, 3.05) is 18.6 Å². The zero-order chi connectivity index (χ0) is 18.2. The van der Waals surface area contributed by atoms with Gasteiger partial charge in [-0.25, -0.2) is 0 Å². The number of aliphatic carboxylic acids is 1. The smallest absolute Gasteiger partial charge is 0.303 e. The maximum Gasteiger partial charge on any atom is 0.303 e. The van der Waals surface area contributed by atoms with Crippen molar-refractivity contribution in [1.82, 2.24) is 20.3 Å². The highest BCUT2D eigenvalue weighted by molar-refractivity contribution is 7.98. The van der Waals surface area contributed by atoms with Crippen LogP contribution in [0.15, 0.2) is 29.1 Å². The Kier molecular flexibility index (Phi) is 6.93. The second-order valence-electron chi connectivity index (χ2n) is 5.44. The number of amides is 1. The minimum atomic E-state index is -0.912. The van der Waals surface area contributed by atoms with Crippen molar-refractivity contribution in [3.8, 4) is 0 Å². The van der Waals surface area contributed by atoms with Crippen molar-refractivity contribution < 1.29 is 14.7 Å². The van der Waals surface area contributed by atoms with Crippen molar-refractivity contribution in [2.24, 2.45) is 0 Å². The Bertz CT molecular complexity index is 808. The lowest BCUT2D eigenvalue weighted by Gasteiger charge is -2.17. The Morgan fingerprint density at radius 1 is 1.36 bits per heavy atom. The fraction of sp³-hybridized carbons (Fsp3) is 0.438. The van der Waals surface area contributed by atoms with Crippen LogP contribution in [0.4, 0.5) is 0 Å². The average Bonchev–Trinajstić information content (AvgIpc) is 2.60. The summed E-state index contributed by atoms with van der Waals surface area (Å²) in [6.45, 7) is 0.233. The highest BCUT2D eigenvalue weighted by Crippen LogP contribution is 2.13. The van der Waals surface area contributed by atoms with Gasteiger partial charge >= 0.3 is 5.97 Å². The van der Waals surface area contributed by atoms with E-state index < -0.39 is 12.0 Å². The number of nitrogens with zero attached hydrogens (tertiary/aromatic N) is 3. The van der Waals surface area contributed by atoms with Gasteiger partial charge in [0.25, 0.3) is 5.56 Å². The maximum atomic E-state index is 12.7. The number of hydrogen-bond donors (Lipinski definition) is 2. The van der Waals surface area contributed by atoms with E-state index in [0.29, 0.717) is 29.5 Å². The summed E-state index contributed by atoms with van der Waals surface area (Å²) < 4.78 is 1.12. The van der Waals surface area contributed by atoms with Crippen molar-refractivity contribution in [3.63, 3.8) is 0 Å². The molecule has 1 atom stereocenters. The summed E-state index contributed by atoms with van der Waals surface area (Å²) in [6.07, 6.45) is 2.65. The summed E-state index contributed by atoms with van der Waals surface area (Å²) in [5, 5.41) is 19.7. The molecule has 25 heavy (non-hydrogen) atoms. The molecule has 0 aliphatic rings. The van der Waals surface area contributed by atoms with E-state index >= 15 is 0 Å². The first-order valence-electron chi connectivity index (χ1n) is 7.87. The molecule has 1 amide bonds. The zero-order valence-electron chi connectivity index (χ0n) is 13.8. The molecule has 2 rings (SSSR count). The molecule has 0 aliphatic carbocycles. The van der Waals surface area contributed by atoms with Gasteiger partial charge in [-0.05, 0) is 37.0 Å². The third-order valence-electron chi connectivity index (χ3n) is 3.65. The van der Waals surface area contributed by atoms with Crippen LogP contribution in [0.5, 0.6) is 0 Å². The Balaban J connectivity index is 2.21. The summed E-state index contributed by atoms with van der Waals surface area (Å²) in [5.41, 5.74) is 0.117. The van der Waals surface area contributed by atoms with E-state index in [9.17, 15) is 14.4 Å². The molecule has 8 nitrogen and oxygen atoms in total. The maximum absolute atomic E-state index is 12.7. The summed E-state index contributed by atoms with van der Waals surface area (Å²) in [7, 11) is 0. The highest BCUT2D eigenvalue weighted by Gasteiger charge is 2.23. The number of fused-ring (bicyclic) bond motifs is 1. The lowest BCUT2D eigenvalue weighted by molar-refractivity contribution is -0.137. The van der Waals surface area contributed by atoms with E-state index in [1.807, 2.05) is 6.26 Å². The van der Waals surface area contributed by atoms with Crippen LogP contribution in [0.1, 0.15) is 25.3 Å². The molecule has 1 aromatic carbocycles. The van der Waals surface area contributed by atoms with Gasteiger partial charge in [-0.3, -0.25) is 14.4 Å². The van der Waals surface area contributed by atoms with Gasteiger partial charge in [0, 0.05) is 13.0 Å². The third-order valence-corrected chi connectivity index (χ3v) is 4.30. The first-order valence-corrected chi connectivity index (χ1v) is 9.26. The standard InChI is InChI=1S/C16H20N4O4S/c1-25-10-8-13(15(23)17-9-4-7-14(21)22)20-16(24)11-5-2-3-6-12(11)18-19-20/h2-3,5-6,13H,4,7-10H2,1H3,(H,17,23)(H,21,22)/t13-/m1/s1. The monoisotopic (exact) mass is 364 g/mol. The van der Waals surface area contributed by atoms with Crippen LogP contribution in [0.25, 0.3) is 10.9 Å². The summed E-state index contributed by atoms with van der Waals surface area (Å²) in [4.78, 5) is 35.7. The zero-order valence-corrected chi connectivity index (χ0v) is 14.7. The molecular weight excluding hydrogens is 344 g/mol. The number of carboxylic acid groups (broad SMARTS) is 1. The van der Waals surface area contributed by atoms with Gasteiger partial charge in [0.05, 0.1) is 5.39 Å². The number of aromatic nitrogens is 3. The molecule has 9 heteroatoms. The number of benzene rings is 1. The molecule has 1 aromatic heterocycles. The molecule has 0 unspecified atom stereocenters. The van der Waals surface area contributed by atoms with E-state index in [1.54, 1.807) is 36.0 Å². The lowest BCUT2D eigenvalue weighted by Crippen LogP contribution is -2.39. The number of carbonyl (C=O) groups excluding carboxylic acids is 1. The van der Waals surface area contributed by atoms with E-state index in [2.05, 4.69) is 15.6 Å². The molecule has 0 radical (unpaired) electrons. The van der Waals surface area contributed by atoms with E-state index in [4.69, 9.17) is 5.11 Å². The van der Waals surface area contributed by atoms with E-state index in [-0.39, 0.29) is 24.4 Å². The van der Waals surface area contributed by atoms with Crippen LogP contribution in [0.2, 0.25) is 0 Å². The normalized spacial score (nSPS) is 12.0. The second kappa shape index (κ2) is 9.16. The number of rotatable bonds is 9. The Hall–Kier alpha value is -2.42. The number of carbonyl (C=O) groups is 2. The Morgan fingerprint density at radius 2 is 2.12 bits per heavy atom. The van der Waals surface area contributed by atoms with Crippen LogP contribution in [0, 0.1) is 0 Å². The largest absolute Gasteiger partial charge is 0.481 e. The highest BCUT2D eigenvalue weighted by atomic mass is 32.2. The molecule has 2 N–H and O–H groups in total. The molecule has 0 saturated carbocycles. The van der Waals surface area contributed by atoms with Crippen molar-refractivity contribution >= 4 is 34.5 Å². The topological polar surface area (TPSA) is 114 Å². The predicted molar refractivity (Wildman–Crippen MR) is 95.7 cm³/mol. The number of carboxylic acids is 1. The van der Waals surface area contributed by atoms with Crippen LogP contribution in [0.3, 0.4) is 0 Å². The van der Waals surface area contributed by atoms with Gasteiger partial charge in [-0.2, -0.15) is 16.4 Å². The van der Waals surface area contributed by atoms with Crippen LogP contribution < -0.4 is 10.9 Å². The summed E-state index contributed by atoms with van der Waals surface area (Å²) in [6, 6.07) is 6.07. The van der Waals surface area contributed by atoms with Gasteiger partial charge in [0.2, 0.25) is 5.91 Å². The van der Waals surface area contributed by atoms with Crippen molar-refractivity contribution in [3.05, 3.63) is 34.6 Å². The minimum absolute atomic E-state index is 0.0223. The van der Waals surface area contributed by atoms with Gasteiger partial charge in [-0.1, -0.05) is 17.3 Å². The molecule has 2 aromatic rings. The molecule has 0 bridgehead atoms. The quantitative estimate of drug-likeness (QED) is 0.640. The van der Waals surface area contributed by atoms with Gasteiger partial charge in [0.15, 0.2) is 0 Å². The van der Waals surface area contributed by atoms with Gasteiger partial charge < -0.3 is 10.4 Å². The molecule has 0 fully saturated rings. The van der Waals surface area contributed by atoms with E-state index in [0.717, 1.165) is 4.68 Å². The Labute approximate surface area is 148 Å². The second-order valence-corrected chi connectivity index (χ2v) is 6.43. The number of thioether (sulfide) groups is 1. The van der Waals surface area contributed by atoms with Crippen molar-refractivity contribution in [2.45, 2.75) is 25.3 Å². The SMILES string of the molecule is CSCC[C@H](C(=O)NCCCC(=O)O)n1nnc2ccccc2c1=O. The molecule has 1 heterocycles. The summed E-state index contributed by atoms with van der Waals surface area (Å²) in [5.74, 6) is -0.593. The number of nitrogens with one attached hydrogen (secondary N) is 1. The Morgan fingerprint density at radius 3 is 2.84 bits per heavy atom. The summed E-state index contributed by atoms with van der Waals surface area (Å²) >= 11 is 1.56. The van der Waals surface area contributed by atoms with E-state index in [1.165, 1.54) is 0 Å². The van der Waals surface area contributed by atoms with Crippen LogP contribution in [-0.2, 0) is 9.59 Å².